The van der Waals surface area contributed by atoms with Crippen molar-refractivity contribution in [1.29, 1.82) is 0 Å². The normalized spacial score (nSPS) is 17.7. The highest BCUT2D eigenvalue weighted by Gasteiger charge is 2.29. The minimum atomic E-state index is 0.0594. The van der Waals surface area contributed by atoms with E-state index in [0.29, 0.717) is 6.54 Å². The van der Waals surface area contributed by atoms with Gasteiger partial charge in [-0.3, -0.25) is 4.79 Å². The van der Waals surface area contributed by atoms with Crippen molar-refractivity contribution >= 4 is 22.9 Å². The van der Waals surface area contributed by atoms with Gasteiger partial charge in [0.15, 0.2) is 0 Å². The van der Waals surface area contributed by atoms with Gasteiger partial charge in [-0.15, -0.1) is 11.3 Å². The highest BCUT2D eigenvalue weighted by atomic mass is 32.1. The molecule has 0 saturated heterocycles. The lowest BCUT2D eigenvalue weighted by Crippen LogP contribution is -2.43. The molecule has 2 heterocycles. The number of amides is 1. The molecule has 0 radical (unpaired) electrons. The van der Waals surface area contributed by atoms with Crippen LogP contribution in [0.4, 0.5) is 5.69 Å². The molecule has 1 aliphatic rings. The molecule has 3 nitrogen and oxygen atoms in total. The van der Waals surface area contributed by atoms with Gasteiger partial charge in [0.25, 0.3) is 5.91 Å². The van der Waals surface area contributed by atoms with Crippen LogP contribution in [0.2, 0.25) is 0 Å². The molecule has 3 rings (SSSR count). The van der Waals surface area contributed by atoms with Crippen molar-refractivity contribution < 1.29 is 9.53 Å². The minimum Gasteiger partial charge on any atom is -0.486 e. The fraction of sp³-hybridized carbons (Fsp3) is 0.267. The van der Waals surface area contributed by atoms with E-state index < -0.39 is 0 Å². The third-order valence-electron chi connectivity index (χ3n) is 3.27. The number of rotatable bonds is 2. The van der Waals surface area contributed by atoms with Gasteiger partial charge in [0, 0.05) is 0 Å². The van der Waals surface area contributed by atoms with Crippen molar-refractivity contribution in [1.82, 2.24) is 0 Å². The molecule has 0 spiro atoms. The maximum atomic E-state index is 12.6. The lowest BCUT2D eigenvalue weighted by molar-refractivity contribution is 0.0958. The van der Waals surface area contributed by atoms with E-state index in [1.807, 2.05) is 46.7 Å². The molecule has 1 amide bonds. The van der Waals surface area contributed by atoms with Crippen LogP contribution in [0.5, 0.6) is 5.75 Å². The second-order valence-electron chi connectivity index (χ2n) is 4.51. The number of ether oxygens (including phenoxy) is 1. The van der Waals surface area contributed by atoms with Gasteiger partial charge in [-0.25, -0.2) is 0 Å². The zero-order valence-electron chi connectivity index (χ0n) is 10.7. The van der Waals surface area contributed by atoms with Gasteiger partial charge in [0.05, 0.1) is 17.1 Å². The number of hydrogen-bond donors (Lipinski definition) is 0. The summed E-state index contributed by atoms with van der Waals surface area (Å²) in [6.07, 6.45) is 0.960. The summed E-state index contributed by atoms with van der Waals surface area (Å²) in [5.74, 6) is 0.856. The van der Waals surface area contributed by atoms with Crippen LogP contribution in [0.15, 0.2) is 41.8 Å². The van der Waals surface area contributed by atoms with Gasteiger partial charge < -0.3 is 9.64 Å². The number of fused-ring (bicyclic) bond motifs is 1. The van der Waals surface area contributed by atoms with E-state index >= 15 is 0 Å². The van der Waals surface area contributed by atoms with E-state index in [2.05, 4.69) is 6.92 Å². The minimum absolute atomic E-state index is 0.0594. The molecule has 0 bridgehead atoms. The number of hydrogen-bond acceptors (Lipinski definition) is 3. The molecular formula is C15H15NO2S. The molecule has 1 atom stereocenters. The molecule has 0 aliphatic carbocycles. The number of anilines is 1. The Labute approximate surface area is 116 Å². The Bertz CT molecular complexity index is 580. The summed E-state index contributed by atoms with van der Waals surface area (Å²) >= 11 is 1.48. The number of carbonyl (C=O) groups is 1. The van der Waals surface area contributed by atoms with Crippen LogP contribution in [0.3, 0.4) is 0 Å². The Hall–Kier alpha value is -1.81. The Balaban J connectivity index is 1.98. The molecule has 19 heavy (non-hydrogen) atoms. The third-order valence-corrected chi connectivity index (χ3v) is 4.13. The fourth-order valence-corrected chi connectivity index (χ4v) is 2.91. The second-order valence-corrected chi connectivity index (χ2v) is 5.46. The summed E-state index contributed by atoms with van der Waals surface area (Å²) in [6.45, 7) is 2.69. The van der Waals surface area contributed by atoms with E-state index in [1.165, 1.54) is 11.3 Å². The van der Waals surface area contributed by atoms with E-state index in [9.17, 15) is 4.79 Å². The monoisotopic (exact) mass is 273 g/mol. The molecule has 0 fully saturated rings. The predicted molar refractivity (Wildman–Crippen MR) is 77.1 cm³/mol. The van der Waals surface area contributed by atoms with Gasteiger partial charge >= 0.3 is 0 Å². The lowest BCUT2D eigenvalue weighted by atomic mass is 10.1. The molecule has 0 saturated carbocycles. The molecule has 4 heteroatoms. The highest BCUT2D eigenvalue weighted by molar-refractivity contribution is 7.12. The van der Waals surface area contributed by atoms with Gasteiger partial charge in [0.1, 0.15) is 11.9 Å². The first-order valence-electron chi connectivity index (χ1n) is 6.40. The maximum absolute atomic E-state index is 12.6. The number of nitrogens with zero attached hydrogens (tertiary/aromatic N) is 1. The van der Waals surface area contributed by atoms with E-state index in [-0.39, 0.29) is 12.0 Å². The van der Waals surface area contributed by atoms with Gasteiger partial charge in [0.2, 0.25) is 0 Å². The summed E-state index contributed by atoms with van der Waals surface area (Å²) in [4.78, 5) is 15.2. The van der Waals surface area contributed by atoms with Crippen molar-refractivity contribution in [2.24, 2.45) is 0 Å². The van der Waals surface area contributed by atoms with Crippen molar-refractivity contribution in [2.75, 3.05) is 11.4 Å². The largest absolute Gasteiger partial charge is 0.486 e. The molecule has 1 unspecified atom stereocenters. The van der Waals surface area contributed by atoms with Crippen LogP contribution >= 0.6 is 11.3 Å². The van der Waals surface area contributed by atoms with Crippen LogP contribution in [0.25, 0.3) is 0 Å². The Morgan fingerprint density at radius 1 is 1.37 bits per heavy atom. The third kappa shape index (κ3) is 2.24. The number of para-hydroxylation sites is 2. The zero-order valence-corrected chi connectivity index (χ0v) is 11.5. The predicted octanol–water partition coefficient (Wildman–Crippen LogP) is 3.57. The lowest BCUT2D eigenvalue weighted by Gasteiger charge is -2.34. The van der Waals surface area contributed by atoms with Crippen molar-refractivity contribution in [3.63, 3.8) is 0 Å². The summed E-state index contributed by atoms with van der Waals surface area (Å²) in [6, 6.07) is 11.5. The number of carbonyl (C=O) groups excluding carboxylic acids is 1. The summed E-state index contributed by atoms with van der Waals surface area (Å²) in [7, 11) is 0. The fourth-order valence-electron chi connectivity index (χ4n) is 2.24. The summed E-state index contributed by atoms with van der Waals surface area (Å²) in [5, 5.41) is 1.93. The average molecular weight is 273 g/mol. The molecule has 2 aromatic rings. The average Bonchev–Trinajstić information content (AvgIpc) is 2.99. The quantitative estimate of drug-likeness (QED) is 0.837. The number of benzene rings is 1. The van der Waals surface area contributed by atoms with Gasteiger partial charge in [-0.2, -0.15) is 0 Å². The molecule has 1 aliphatic heterocycles. The molecular weight excluding hydrogens is 258 g/mol. The van der Waals surface area contributed by atoms with Crippen LogP contribution < -0.4 is 9.64 Å². The van der Waals surface area contributed by atoms with E-state index in [4.69, 9.17) is 4.74 Å². The summed E-state index contributed by atoms with van der Waals surface area (Å²) < 4.78 is 5.89. The smallest absolute Gasteiger partial charge is 0.268 e. The van der Waals surface area contributed by atoms with Crippen molar-refractivity contribution in [3.8, 4) is 5.75 Å². The van der Waals surface area contributed by atoms with E-state index in [1.54, 1.807) is 0 Å². The van der Waals surface area contributed by atoms with Crippen molar-refractivity contribution in [3.05, 3.63) is 46.7 Å². The number of thiophene rings is 1. The first-order chi connectivity index (χ1) is 9.29. The van der Waals surface area contributed by atoms with Crippen LogP contribution in [-0.4, -0.2) is 18.6 Å². The Morgan fingerprint density at radius 2 is 2.21 bits per heavy atom. The zero-order chi connectivity index (χ0) is 13.2. The first-order valence-corrected chi connectivity index (χ1v) is 7.28. The molecule has 98 valence electrons. The SMILES string of the molecule is CCC1CN(C(=O)c2cccs2)c2ccccc2O1. The van der Waals surface area contributed by atoms with Gasteiger partial charge in [-0.1, -0.05) is 25.1 Å². The van der Waals surface area contributed by atoms with Gasteiger partial charge in [-0.05, 0) is 30.0 Å². The maximum Gasteiger partial charge on any atom is 0.268 e. The topological polar surface area (TPSA) is 29.5 Å². The van der Waals surface area contributed by atoms with Crippen LogP contribution in [-0.2, 0) is 0 Å². The van der Waals surface area contributed by atoms with Crippen LogP contribution in [0.1, 0.15) is 23.0 Å². The Morgan fingerprint density at radius 3 is 2.95 bits per heavy atom. The molecule has 0 N–H and O–H groups in total. The standard InChI is InChI=1S/C15H15NO2S/c1-2-11-10-16(15(17)14-8-5-9-19-14)12-6-3-4-7-13(12)18-11/h3-9,11H,2,10H2,1H3. The van der Waals surface area contributed by atoms with Crippen LogP contribution in [0, 0.1) is 0 Å². The Kier molecular flexibility index (Phi) is 3.25. The highest BCUT2D eigenvalue weighted by Crippen LogP contribution is 2.35. The summed E-state index contributed by atoms with van der Waals surface area (Å²) in [5.41, 5.74) is 0.866. The van der Waals surface area contributed by atoms with E-state index in [0.717, 1.165) is 22.7 Å². The first kappa shape index (κ1) is 12.2. The van der Waals surface area contributed by atoms with Crippen molar-refractivity contribution in [2.45, 2.75) is 19.4 Å². The molecule has 1 aromatic heterocycles. The molecule has 1 aromatic carbocycles. The second kappa shape index (κ2) is 5.05.